The van der Waals surface area contributed by atoms with Crippen LogP contribution in [0.4, 0.5) is 10.1 Å². The third-order valence-corrected chi connectivity index (χ3v) is 4.50. The molecular weight excluding hydrogens is 305 g/mol. The van der Waals surface area contributed by atoms with Gasteiger partial charge in [0, 0.05) is 4.47 Å². The third-order valence-electron chi connectivity index (χ3n) is 3.75. The molecule has 2 aromatic carbocycles. The highest BCUT2D eigenvalue weighted by atomic mass is 79.9. The number of hydrogen-bond donors (Lipinski definition) is 1. The topological polar surface area (TPSA) is 12.0 Å². The smallest absolute Gasteiger partial charge is 0.146 e. The fraction of sp³-hybridized carbons (Fsp3) is 0.250. The van der Waals surface area contributed by atoms with Gasteiger partial charge in [-0.1, -0.05) is 40.2 Å². The first-order valence-electron chi connectivity index (χ1n) is 6.46. The van der Waals surface area contributed by atoms with Crippen molar-refractivity contribution in [3.05, 3.63) is 63.4 Å². The first-order chi connectivity index (χ1) is 9.16. The molecule has 0 amide bonds. The number of halogens is 2. The van der Waals surface area contributed by atoms with Gasteiger partial charge < -0.3 is 5.32 Å². The van der Waals surface area contributed by atoms with Crippen molar-refractivity contribution in [2.24, 2.45) is 0 Å². The molecule has 1 atom stereocenters. The minimum absolute atomic E-state index is 0.177. The molecule has 19 heavy (non-hydrogen) atoms. The van der Waals surface area contributed by atoms with Crippen molar-refractivity contribution >= 4 is 21.6 Å². The largest absolute Gasteiger partial charge is 0.376 e. The van der Waals surface area contributed by atoms with E-state index in [1.54, 1.807) is 6.07 Å². The maximum atomic E-state index is 13.9. The molecule has 0 bridgehead atoms. The third kappa shape index (κ3) is 2.27. The number of fused-ring (bicyclic) bond motifs is 1. The number of nitrogens with one attached hydrogen (secondary N) is 1. The second kappa shape index (κ2) is 4.97. The summed E-state index contributed by atoms with van der Waals surface area (Å²) in [5, 5.41) is 3.36. The molecule has 1 aliphatic rings. The summed E-state index contributed by atoms with van der Waals surface area (Å²) in [5.74, 6) is -0.177. The Labute approximate surface area is 121 Å². The van der Waals surface area contributed by atoms with Crippen LogP contribution >= 0.6 is 15.9 Å². The van der Waals surface area contributed by atoms with E-state index in [1.807, 2.05) is 19.1 Å². The average molecular weight is 320 g/mol. The van der Waals surface area contributed by atoms with Gasteiger partial charge in [0.2, 0.25) is 0 Å². The van der Waals surface area contributed by atoms with Crippen molar-refractivity contribution in [1.82, 2.24) is 0 Å². The van der Waals surface area contributed by atoms with Crippen molar-refractivity contribution in [3.63, 3.8) is 0 Å². The molecule has 1 nitrogen and oxygen atoms in total. The molecule has 0 saturated heterocycles. The van der Waals surface area contributed by atoms with Crippen molar-refractivity contribution in [3.8, 4) is 0 Å². The average Bonchev–Trinajstić information content (AvgIpc) is 2.79. The highest BCUT2D eigenvalue weighted by molar-refractivity contribution is 9.10. The summed E-state index contributed by atoms with van der Waals surface area (Å²) < 4.78 is 15.0. The van der Waals surface area contributed by atoms with E-state index in [0.717, 1.165) is 22.9 Å². The van der Waals surface area contributed by atoms with Gasteiger partial charge in [-0.15, -0.1) is 0 Å². The molecule has 98 valence electrons. The Balaban J connectivity index is 1.93. The number of aryl methyl sites for hydroxylation is 1. The predicted octanol–water partition coefficient (Wildman–Crippen LogP) is 5.00. The Bertz CT molecular complexity index is 604. The number of anilines is 1. The van der Waals surface area contributed by atoms with E-state index in [-0.39, 0.29) is 11.9 Å². The molecule has 2 aromatic rings. The van der Waals surface area contributed by atoms with Gasteiger partial charge in [-0.2, -0.15) is 0 Å². The Morgan fingerprint density at radius 2 is 2.00 bits per heavy atom. The van der Waals surface area contributed by atoms with Crippen molar-refractivity contribution in [2.45, 2.75) is 25.8 Å². The lowest BCUT2D eigenvalue weighted by atomic mass is 10.1. The highest BCUT2D eigenvalue weighted by Gasteiger charge is 2.24. The standard InChI is InChI=1S/C16H15BrFN/c1-10-4-2-7-14(18)16(10)19-15-9-8-11-12(15)5-3-6-13(11)17/h2-7,15,19H,8-9H2,1H3. The minimum atomic E-state index is -0.177. The molecule has 3 rings (SSSR count). The SMILES string of the molecule is Cc1cccc(F)c1NC1CCc2c(Br)cccc21. The summed E-state index contributed by atoms with van der Waals surface area (Å²) in [4.78, 5) is 0. The fourth-order valence-corrected chi connectivity index (χ4v) is 3.33. The van der Waals surface area contributed by atoms with Gasteiger partial charge >= 0.3 is 0 Å². The van der Waals surface area contributed by atoms with Crippen molar-refractivity contribution < 1.29 is 4.39 Å². The zero-order chi connectivity index (χ0) is 13.4. The van der Waals surface area contributed by atoms with Gasteiger partial charge in [-0.25, -0.2) is 4.39 Å². The van der Waals surface area contributed by atoms with E-state index >= 15 is 0 Å². The second-order valence-electron chi connectivity index (χ2n) is 4.97. The van der Waals surface area contributed by atoms with E-state index in [1.165, 1.54) is 17.2 Å². The fourth-order valence-electron chi connectivity index (χ4n) is 2.75. The van der Waals surface area contributed by atoms with Gasteiger partial charge in [0.15, 0.2) is 0 Å². The Hall–Kier alpha value is -1.35. The maximum Gasteiger partial charge on any atom is 0.146 e. The monoisotopic (exact) mass is 319 g/mol. The van der Waals surface area contributed by atoms with Crippen LogP contribution in [0.1, 0.15) is 29.2 Å². The van der Waals surface area contributed by atoms with E-state index in [0.29, 0.717) is 5.69 Å². The molecule has 0 heterocycles. The maximum absolute atomic E-state index is 13.9. The van der Waals surface area contributed by atoms with Gasteiger partial charge in [0.25, 0.3) is 0 Å². The molecule has 1 unspecified atom stereocenters. The summed E-state index contributed by atoms with van der Waals surface area (Å²) in [6.07, 6.45) is 2.04. The van der Waals surface area contributed by atoms with Crippen LogP contribution in [0.15, 0.2) is 40.9 Å². The van der Waals surface area contributed by atoms with Crippen LogP contribution in [-0.2, 0) is 6.42 Å². The van der Waals surface area contributed by atoms with Crippen molar-refractivity contribution in [2.75, 3.05) is 5.32 Å². The van der Waals surface area contributed by atoms with Crippen LogP contribution in [0, 0.1) is 12.7 Å². The zero-order valence-corrected chi connectivity index (χ0v) is 12.3. The van der Waals surface area contributed by atoms with E-state index in [2.05, 4.69) is 33.4 Å². The van der Waals surface area contributed by atoms with Crippen LogP contribution < -0.4 is 5.32 Å². The summed E-state index contributed by atoms with van der Waals surface area (Å²) >= 11 is 3.59. The molecule has 0 aliphatic heterocycles. The number of rotatable bonds is 2. The molecule has 0 fully saturated rings. The summed E-state index contributed by atoms with van der Waals surface area (Å²) in [7, 11) is 0. The van der Waals surface area contributed by atoms with E-state index < -0.39 is 0 Å². The normalized spacial score (nSPS) is 17.3. The Morgan fingerprint density at radius 3 is 2.79 bits per heavy atom. The summed E-state index contributed by atoms with van der Waals surface area (Å²) in [6, 6.07) is 11.6. The van der Waals surface area contributed by atoms with Crippen LogP contribution in [0.5, 0.6) is 0 Å². The van der Waals surface area contributed by atoms with Crippen LogP contribution in [0.25, 0.3) is 0 Å². The first-order valence-corrected chi connectivity index (χ1v) is 7.25. The molecule has 0 radical (unpaired) electrons. The first kappa shape index (κ1) is 12.7. The highest BCUT2D eigenvalue weighted by Crippen LogP contribution is 2.38. The quantitative estimate of drug-likeness (QED) is 0.821. The summed E-state index contributed by atoms with van der Waals surface area (Å²) in [5.41, 5.74) is 4.19. The Morgan fingerprint density at radius 1 is 1.21 bits per heavy atom. The van der Waals surface area contributed by atoms with Gasteiger partial charge in [0.1, 0.15) is 5.82 Å². The van der Waals surface area contributed by atoms with Crippen LogP contribution in [0.3, 0.4) is 0 Å². The molecule has 1 N–H and O–H groups in total. The van der Waals surface area contributed by atoms with Crippen LogP contribution in [0.2, 0.25) is 0 Å². The number of para-hydroxylation sites is 1. The zero-order valence-electron chi connectivity index (χ0n) is 10.7. The van der Waals surface area contributed by atoms with Crippen LogP contribution in [-0.4, -0.2) is 0 Å². The predicted molar refractivity (Wildman–Crippen MR) is 80.0 cm³/mol. The van der Waals surface area contributed by atoms with Crippen molar-refractivity contribution in [1.29, 1.82) is 0 Å². The minimum Gasteiger partial charge on any atom is -0.376 e. The molecule has 1 aliphatic carbocycles. The molecule has 0 saturated carbocycles. The molecular formula is C16H15BrFN. The molecule has 3 heteroatoms. The van der Waals surface area contributed by atoms with E-state index in [9.17, 15) is 4.39 Å². The Kier molecular flexibility index (Phi) is 3.31. The van der Waals surface area contributed by atoms with E-state index in [4.69, 9.17) is 0 Å². The lowest BCUT2D eigenvalue weighted by molar-refractivity contribution is 0.623. The number of hydrogen-bond acceptors (Lipinski definition) is 1. The molecule has 0 aromatic heterocycles. The van der Waals surface area contributed by atoms with Gasteiger partial charge in [-0.05, 0) is 48.6 Å². The van der Waals surface area contributed by atoms with Gasteiger partial charge in [0.05, 0.1) is 11.7 Å². The summed E-state index contributed by atoms with van der Waals surface area (Å²) in [6.45, 7) is 1.93. The lowest BCUT2D eigenvalue weighted by Gasteiger charge is -2.18. The lowest BCUT2D eigenvalue weighted by Crippen LogP contribution is -2.09. The molecule has 0 spiro atoms. The van der Waals surface area contributed by atoms with Gasteiger partial charge in [-0.3, -0.25) is 0 Å². The number of benzene rings is 2. The second-order valence-corrected chi connectivity index (χ2v) is 5.83.